The van der Waals surface area contributed by atoms with Crippen LogP contribution in [0.3, 0.4) is 0 Å². The smallest absolute Gasteiger partial charge is 0.227 e. The molecular weight excluding hydrogens is 388 g/mol. The van der Waals surface area contributed by atoms with Crippen LogP contribution in [-0.2, 0) is 0 Å². The molecule has 4 heterocycles. The molecule has 0 spiro atoms. The minimum Gasteiger partial charge on any atom is -0.444 e. The van der Waals surface area contributed by atoms with Crippen LogP contribution in [0, 0.1) is 5.41 Å². The Labute approximate surface area is 164 Å². The lowest BCUT2D eigenvalue weighted by atomic mass is 10.1. The molecule has 0 saturated carbocycles. The Kier molecular flexibility index (Phi) is 4.54. The fourth-order valence-corrected chi connectivity index (χ4v) is 5.36. The highest BCUT2D eigenvalue weighted by atomic mass is 35.5. The normalized spacial score (nSPS) is 19.3. The molecule has 134 valence electrons. The summed E-state index contributed by atoms with van der Waals surface area (Å²) in [6.07, 6.45) is 6.71. The van der Waals surface area contributed by atoms with Crippen molar-refractivity contribution in [3.05, 3.63) is 46.9 Å². The number of halogens is 1. The van der Waals surface area contributed by atoms with Gasteiger partial charge in [-0.3, -0.25) is 10.4 Å². The molecule has 26 heavy (non-hydrogen) atoms. The number of thioether (sulfide) groups is 1. The third-order valence-electron chi connectivity index (χ3n) is 4.26. The molecule has 0 amide bonds. The van der Waals surface area contributed by atoms with Crippen molar-refractivity contribution < 1.29 is 4.42 Å². The summed E-state index contributed by atoms with van der Waals surface area (Å²) in [7, 11) is 0. The molecule has 0 radical (unpaired) electrons. The summed E-state index contributed by atoms with van der Waals surface area (Å²) in [5, 5.41) is 12.3. The van der Waals surface area contributed by atoms with Gasteiger partial charge in [-0.1, -0.05) is 11.6 Å². The molecular formula is C18H17ClN4OS2. The summed E-state index contributed by atoms with van der Waals surface area (Å²) >= 11 is 9.93. The van der Waals surface area contributed by atoms with Crippen LogP contribution in [-0.4, -0.2) is 26.3 Å². The lowest BCUT2D eigenvalue weighted by molar-refractivity contribution is 0.574. The molecule has 1 fully saturated rings. The van der Waals surface area contributed by atoms with Gasteiger partial charge in [0.05, 0.1) is 27.6 Å². The molecule has 2 N–H and O–H groups in total. The van der Waals surface area contributed by atoms with E-state index < -0.39 is 0 Å². The van der Waals surface area contributed by atoms with E-state index in [1.165, 1.54) is 0 Å². The molecule has 1 saturated heterocycles. The van der Waals surface area contributed by atoms with E-state index in [9.17, 15) is 0 Å². The summed E-state index contributed by atoms with van der Waals surface area (Å²) in [5.41, 5.74) is 1.80. The first-order valence-corrected chi connectivity index (χ1v) is 10.3. The van der Waals surface area contributed by atoms with E-state index >= 15 is 0 Å². The maximum Gasteiger partial charge on any atom is 0.227 e. The van der Waals surface area contributed by atoms with Crippen molar-refractivity contribution in [1.82, 2.24) is 15.3 Å². The highest BCUT2D eigenvalue weighted by molar-refractivity contribution is 8.01. The predicted molar refractivity (Wildman–Crippen MR) is 108 cm³/mol. The molecule has 1 aliphatic heterocycles. The van der Waals surface area contributed by atoms with E-state index in [0.29, 0.717) is 11.7 Å². The molecule has 0 aromatic carbocycles. The number of oxazole rings is 1. The zero-order valence-electron chi connectivity index (χ0n) is 14.2. The van der Waals surface area contributed by atoms with Gasteiger partial charge in [-0.15, -0.1) is 23.1 Å². The highest BCUT2D eigenvalue weighted by Gasteiger charge is 2.34. The maximum absolute atomic E-state index is 8.22. The second-order valence-corrected chi connectivity index (χ2v) is 9.65. The number of nitrogens with one attached hydrogen (secondary N) is 2. The van der Waals surface area contributed by atoms with Crippen molar-refractivity contribution in [2.45, 2.75) is 24.6 Å². The van der Waals surface area contributed by atoms with Crippen LogP contribution in [0.4, 0.5) is 0 Å². The molecule has 0 aliphatic carbocycles. The molecule has 4 rings (SSSR count). The van der Waals surface area contributed by atoms with E-state index in [-0.39, 0.29) is 10.8 Å². The van der Waals surface area contributed by atoms with Crippen molar-refractivity contribution in [3.63, 3.8) is 0 Å². The zero-order valence-corrected chi connectivity index (χ0v) is 16.6. The Morgan fingerprint density at radius 1 is 1.31 bits per heavy atom. The zero-order chi connectivity index (χ0) is 18.3. The third-order valence-corrected chi connectivity index (χ3v) is 7.41. The van der Waals surface area contributed by atoms with Crippen LogP contribution in [0.15, 0.2) is 41.4 Å². The Bertz CT molecular complexity index is 952. The van der Waals surface area contributed by atoms with Crippen molar-refractivity contribution in [2.75, 3.05) is 5.75 Å². The standard InChI is InChI=1S/C18H17ClN4OS2/c1-18(2)17(20)23-13(9-25-18)15-12(19)6-14(26-15)10-5-11(8-21-7-10)16-22-3-4-24-16/h3-8,13H,9H2,1-2H3,(H2,20,23). The van der Waals surface area contributed by atoms with E-state index in [2.05, 4.69) is 29.1 Å². The number of hydrogen-bond donors (Lipinski definition) is 2. The number of hydrogen-bond acceptors (Lipinski definition) is 6. The maximum atomic E-state index is 8.22. The Hall–Kier alpha value is -1.83. The van der Waals surface area contributed by atoms with Crippen LogP contribution < -0.4 is 5.32 Å². The summed E-state index contributed by atoms with van der Waals surface area (Å²) in [4.78, 5) is 10.6. The summed E-state index contributed by atoms with van der Waals surface area (Å²) in [6, 6.07) is 4.02. The first-order chi connectivity index (χ1) is 12.4. The van der Waals surface area contributed by atoms with Gasteiger partial charge in [-0.05, 0) is 26.0 Å². The highest BCUT2D eigenvalue weighted by Crippen LogP contribution is 2.42. The molecule has 0 bridgehead atoms. The summed E-state index contributed by atoms with van der Waals surface area (Å²) in [6.45, 7) is 4.12. The molecule has 1 aliphatic rings. The largest absolute Gasteiger partial charge is 0.444 e. The topological polar surface area (TPSA) is 74.8 Å². The van der Waals surface area contributed by atoms with Crippen molar-refractivity contribution >= 4 is 40.5 Å². The number of amidine groups is 1. The Balaban J connectivity index is 1.63. The Morgan fingerprint density at radius 2 is 2.12 bits per heavy atom. The minimum atomic E-state index is -0.183. The second-order valence-electron chi connectivity index (χ2n) is 6.52. The fraction of sp³-hybridized carbons (Fsp3) is 0.278. The average molecular weight is 405 g/mol. The lowest BCUT2D eigenvalue weighted by Gasteiger charge is -2.35. The number of rotatable bonds is 3. The number of aromatic nitrogens is 2. The Morgan fingerprint density at radius 3 is 2.85 bits per heavy atom. The van der Waals surface area contributed by atoms with Gasteiger partial charge in [0.25, 0.3) is 0 Å². The van der Waals surface area contributed by atoms with Crippen molar-refractivity contribution in [2.24, 2.45) is 0 Å². The van der Waals surface area contributed by atoms with Gasteiger partial charge in [-0.25, -0.2) is 4.98 Å². The molecule has 3 aromatic heterocycles. The van der Waals surface area contributed by atoms with E-state index in [1.807, 2.05) is 18.3 Å². The fourth-order valence-electron chi connectivity index (χ4n) is 2.72. The number of nitrogens with zero attached hydrogens (tertiary/aromatic N) is 2. The van der Waals surface area contributed by atoms with Crippen LogP contribution in [0.25, 0.3) is 21.9 Å². The summed E-state index contributed by atoms with van der Waals surface area (Å²) < 4.78 is 5.17. The lowest BCUT2D eigenvalue weighted by Crippen LogP contribution is -2.46. The van der Waals surface area contributed by atoms with Gasteiger partial charge in [0.1, 0.15) is 12.1 Å². The third kappa shape index (κ3) is 3.26. The number of thiophene rings is 1. The SMILES string of the molecule is CC1(C)SCC(c2sc(-c3cncc(-c4ncco4)c3)cc2Cl)NC1=N. The average Bonchev–Trinajstić information content (AvgIpc) is 3.27. The first-order valence-electron chi connectivity index (χ1n) is 8.08. The van der Waals surface area contributed by atoms with Gasteiger partial charge in [0, 0.05) is 33.5 Å². The van der Waals surface area contributed by atoms with Crippen LogP contribution >= 0.6 is 34.7 Å². The molecule has 5 nitrogen and oxygen atoms in total. The van der Waals surface area contributed by atoms with Crippen LogP contribution in [0.2, 0.25) is 5.02 Å². The second kappa shape index (κ2) is 6.72. The van der Waals surface area contributed by atoms with E-state index in [0.717, 1.165) is 31.7 Å². The van der Waals surface area contributed by atoms with Crippen molar-refractivity contribution in [3.8, 4) is 21.9 Å². The van der Waals surface area contributed by atoms with E-state index in [4.69, 9.17) is 21.4 Å². The van der Waals surface area contributed by atoms with Gasteiger partial charge in [0.2, 0.25) is 5.89 Å². The molecule has 1 atom stereocenters. The van der Waals surface area contributed by atoms with Gasteiger partial charge >= 0.3 is 0 Å². The first kappa shape index (κ1) is 17.6. The van der Waals surface area contributed by atoms with Gasteiger partial charge < -0.3 is 9.73 Å². The van der Waals surface area contributed by atoms with E-state index in [1.54, 1.807) is 41.8 Å². The molecule has 3 aromatic rings. The van der Waals surface area contributed by atoms with Gasteiger partial charge in [0.15, 0.2) is 0 Å². The van der Waals surface area contributed by atoms with Gasteiger partial charge in [-0.2, -0.15) is 0 Å². The number of pyridine rings is 1. The summed E-state index contributed by atoms with van der Waals surface area (Å²) in [5.74, 6) is 1.96. The predicted octanol–water partition coefficient (Wildman–Crippen LogP) is 5.25. The monoisotopic (exact) mass is 404 g/mol. The van der Waals surface area contributed by atoms with Crippen molar-refractivity contribution in [1.29, 1.82) is 5.41 Å². The minimum absolute atomic E-state index is 0.0506. The molecule has 8 heteroatoms. The van der Waals surface area contributed by atoms with Crippen LogP contribution in [0.5, 0.6) is 0 Å². The molecule has 1 unspecified atom stereocenters. The van der Waals surface area contributed by atoms with Crippen LogP contribution in [0.1, 0.15) is 24.8 Å². The quantitative estimate of drug-likeness (QED) is 0.623.